The molecule has 13 heavy (non-hydrogen) atoms. The van der Waals surface area contributed by atoms with E-state index in [-0.39, 0.29) is 12.3 Å². The maximum absolute atomic E-state index is 9.37. The molecule has 0 aliphatic carbocycles. The van der Waals surface area contributed by atoms with Crippen LogP contribution in [0.1, 0.15) is 5.56 Å². The zero-order chi connectivity index (χ0) is 9.42. The van der Waals surface area contributed by atoms with Gasteiger partial charge in [-0.1, -0.05) is 17.6 Å². The monoisotopic (exact) mass is 175 g/mol. The molecule has 1 aromatic carbocycles. The van der Waals surface area contributed by atoms with Gasteiger partial charge >= 0.3 is 0 Å². The Balaban J connectivity index is 2.51. The summed E-state index contributed by atoms with van der Waals surface area (Å²) in [6.45, 7) is 0.189. The van der Waals surface area contributed by atoms with Crippen molar-refractivity contribution in [1.82, 2.24) is 0 Å². The SMILES string of the molecule is Bc1ccc2c(c1)C(=N)[C@@H](O)CO2. The highest BCUT2D eigenvalue weighted by atomic mass is 16.5. The fourth-order valence-electron chi connectivity index (χ4n) is 1.41. The number of nitrogens with one attached hydrogen (secondary N) is 1. The topological polar surface area (TPSA) is 53.3 Å². The predicted molar refractivity (Wildman–Crippen MR) is 53.0 cm³/mol. The van der Waals surface area contributed by atoms with Gasteiger partial charge in [-0.2, -0.15) is 0 Å². The van der Waals surface area contributed by atoms with Crippen LogP contribution in [0.5, 0.6) is 5.75 Å². The fourth-order valence-corrected chi connectivity index (χ4v) is 1.41. The number of aliphatic hydroxyl groups excluding tert-OH is 1. The summed E-state index contributed by atoms with van der Waals surface area (Å²) in [5, 5.41) is 17.0. The molecule has 1 heterocycles. The third-order valence-corrected chi connectivity index (χ3v) is 2.16. The molecule has 0 saturated carbocycles. The van der Waals surface area contributed by atoms with Crippen LogP contribution in [0.15, 0.2) is 18.2 Å². The van der Waals surface area contributed by atoms with E-state index in [1.165, 1.54) is 0 Å². The van der Waals surface area contributed by atoms with Crippen molar-refractivity contribution in [2.24, 2.45) is 0 Å². The molecule has 1 aliphatic rings. The van der Waals surface area contributed by atoms with E-state index in [1.54, 1.807) is 0 Å². The highest BCUT2D eigenvalue weighted by Gasteiger charge is 2.23. The lowest BCUT2D eigenvalue weighted by atomic mass is 9.91. The van der Waals surface area contributed by atoms with E-state index in [0.717, 1.165) is 5.46 Å². The van der Waals surface area contributed by atoms with Gasteiger partial charge in [0, 0.05) is 5.56 Å². The molecular weight excluding hydrogens is 165 g/mol. The van der Waals surface area contributed by atoms with Crippen LogP contribution in [0, 0.1) is 5.41 Å². The molecule has 1 atom stereocenters. The Morgan fingerprint density at radius 1 is 1.54 bits per heavy atom. The second-order valence-electron chi connectivity index (χ2n) is 3.24. The summed E-state index contributed by atoms with van der Waals surface area (Å²) in [5.74, 6) is 0.695. The van der Waals surface area contributed by atoms with E-state index >= 15 is 0 Å². The first-order chi connectivity index (χ1) is 6.18. The van der Waals surface area contributed by atoms with Gasteiger partial charge in [-0.3, -0.25) is 0 Å². The van der Waals surface area contributed by atoms with Gasteiger partial charge in [-0.05, 0) is 6.07 Å². The second kappa shape index (κ2) is 2.89. The van der Waals surface area contributed by atoms with Crippen LogP contribution >= 0.6 is 0 Å². The molecule has 2 rings (SSSR count). The van der Waals surface area contributed by atoms with Crippen molar-refractivity contribution in [3.63, 3.8) is 0 Å². The van der Waals surface area contributed by atoms with Crippen LogP contribution in [0.3, 0.4) is 0 Å². The Morgan fingerprint density at radius 2 is 2.31 bits per heavy atom. The van der Waals surface area contributed by atoms with Crippen LogP contribution in [0.25, 0.3) is 0 Å². The van der Waals surface area contributed by atoms with Gasteiger partial charge in [0.25, 0.3) is 0 Å². The maximum Gasteiger partial charge on any atom is 0.139 e. The largest absolute Gasteiger partial charge is 0.490 e. The van der Waals surface area contributed by atoms with Gasteiger partial charge < -0.3 is 15.3 Å². The lowest BCUT2D eigenvalue weighted by Gasteiger charge is -2.22. The molecule has 66 valence electrons. The average molecular weight is 175 g/mol. The first kappa shape index (κ1) is 8.32. The molecule has 0 fully saturated rings. The molecule has 1 aromatic rings. The summed E-state index contributed by atoms with van der Waals surface area (Å²) < 4.78 is 5.27. The van der Waals surface area contributed by atoms with E-state index in [4.69, 9.17) is 10.1 Å². The first-order valence-electron chi connectivity index (χ1n) is 4.19. The molecule has 0 radical (unpaired) electrons. The van der Waals surface area contributed by atoms with Crippen LogP contribution in [-0.4, -0.2) is 31.4 Å². The van der Waals surface area contributed by atoms with E-state index in [9.17, 15) is 5.11 Å². The zero-order valence-corrected chi connectivity index (χ0v) is 7.37. The Morgan fingerprint density at radius 3 is 3.08 bits per heavy atom. The van der Waals surface area contributed by atoms with Crippen molar-refractivity contribution < 1.29 is 9.84 Å². The van der Waals surface area contributed by atoms with Gasteiger partial charge in [0.2, 0.25) is 0 Å². The molecular formula is C9H10BNO2. The lowest BCUT2D eigenvalue weighted by molar-refractivity contribution is 0.150. The Bertz CT molecular complexity index is 365. The van der Waals surface area contributed by atoms with E-state index < -0.39 is 6.10 Å². The molecule has 0 aromatic heterocycles. The third-order valence-electron chi connectivity index (χ3n) is 2.16. The van der Waals surface area contributed by atoms with E-state index in [0.29, 0.717) is 11.3 Å². The molecule has 0 unspecified atom stereocenters. The number of fused-ring (bicyclic) bond motifs is 1. The summed E-state index contributed by atoms with van der Waals surface area (Å²) in [6.07, 6.45) is -0.783. The molecule has 0 saturated heterocycles. The van der Waals surface area contributed by atoms with Gasteiger partial charge in [-0.15, -0.1) is 0 Å². The Kier molecular flexibility index (Phi) is 1.85. The highest BCUT2D eigenvalue weighted by Crippen LogP contribution is 2.22. The van der Waals surface area contributed by atoms with Crippen molar-refractivity contribution in [2.45, 2.75) is 6.10 Å². The van der Waals surface area contributed by atoms with Crippen molar-refractivity contribution >= 4 is 19.0 Å². The molecule has 1 aliphatic heterocycles. The molecule has 2 N–H and O–H groups in total. The van der Waals surface area contributed by atoms with Crippen molar-refractivity contribution in [1.29, 1.82) is 5.41 Å². The molecule has 0 spiro atoms. The summed E-state index contributed by atoms with van der Waals surface area (Å²) in [7, 11) is 1.95. The Labute approximate surface area is 77.3 Å². The number of hydrogen-bond donors (Lipinski definition) is 2. The van der Waals surface area contributed by atoms with Crippen LogP contribution < -0.4 is 10.2 Å². The second-order valence-corrected chi connectivity index (χ2v) is 3.24. The van der Waals surface area contributed by atoms with Crippen molar-refractivity contribution in [3.05, 3.63) is 23.8 Å². The minimum atomic E-state index is -0.783. The summed E-state index contributed by atoms with van der Waals surface area (Å²) >= 11 is 0. The average Bonchev–Trinajstić information content (AvgIpc) is 2.12. The number of benzene rings is 1. The molecule has 0 bridgehead atoms. The quantitative estimate of drug-likeness (QED) is 0.500. The standard InChI is InChI=1S/C9H10BNO2/c10-5-1-2-8-6(3-5)9(11)7(12)4-13-8/h1-3,7,11-12H,4,10H2/t7-/m0/s1. The van der Waals surface area contributed by atoms with Gasteiger partial charge in [0.1, 0.15) is 26.3 Å². The minimum Gasteiger partial charge on any atom is -0.490 e. The van der Waals surface area contributed by atoms with Gasteiger partial charge in [0.05, 0.1) is 5.71 Å². The molecule has 3 nitrogen and oxygen atoms in total. The summed E-state index contributed by atoms with van der Waals surface area (Å²) in [5.41, 5.74) is 2.03. The number of hydrogen-bond acceptors (Lipinski definition) is 3. The summed E-state index contributed by atoms with van der Waals surface area (Å²) in [4.78, 5) is 0. The summed E-state index contributed by atoms with van der Waals surface area (Å²) in [6, 6.07) is 5.63. The molecule has 0 amide bonds. The number of rotatable bonds is 0. The third kappa shape index (κ3) is 1.33. The fraction of sp³-hybridized carbons (Fsp3) is 0.222. The first-order valence-corrected chi connectivity index (χ1v) is 4.19. The van der Waals surface area contributed by atoms with Crippen LogP contribution in [0.2, 0.25) is 0 Å². The van der Waals surface area contributed by atoms with Gasteiger partial charge in [0.15, 0.2) is 0 Å². The van der Waals surface area contributed by atoms with Crippen LogP contribution in [0.4, 0.5) is 0 Å². The van der Waals surface area contributed by atoms with E-state index in [2.05, 4.69) is 0 Å². The predicted octanol–water partition coefficient (Wildman–Crippen LogP) is -0.934. The van der Waals surface area contributed by atoms with E-state index in [1.807, 2.05) is 26.0 Å². The molecule has 4 heteroatoms. The maximum atomic E-state index is 9.37. The highest BCUT2D eigenvalue weighted by molar-refractivity contribution is 6.33. The number of aliphatic hydroxyl groups is 1. The lowest BCUT2D eigenvalue weighted by Crippen LogP contribution is -2.33. The van der Waals surface area contributed by atoms with Crippen molar-refractivity contribution in [2.75, 3.05) is 6.61 Å². The smallest absolute Gasteiger partial charge is 0.139 e. The van der Waals surface area contributed by atoms with Gasteiger partial charge in [-0.25, -0.2) is 0 Å². The number of ether oxygens (including phenoxy) is 1. The van der Waals surface area contributed by atoms with Crippen molar-refractivity contribution in [3.8, 4) is 5.75 Å². The Hall–Kier alpha value is -1.29. The van der Waals surface area contributed by atoms with Crippen LogP contribution in [-0.2, 0) is 0 Å². The zero-order valence-electron chi connectivity index (χ0n) is 7.37. The normalized spacial score (nSPS) is 20.7. The minimum absolute atomic E-state index is 0.189.